The monoisotopic (exact) mass is 384 g/mol. The molecule has 146 valence electrons. The number of carbonyl (C=O) groups excluding carboxylic acids is 2. The van der Waals surface area contributed by atoms with Gasteiger partial charge < -0.3 is 5.32 Å². The number of fused-ring (bicyclic) bond motifs is 1. The van der Waals surface area contributed by atoms with E-state index in [0.717, 1.165) is 19.4 Å². The summed E-state index contributed by atoms with van der Waals surface area (Å²) in [5, 5.41) is 3.63. The van der Waals surface area contributed by atoms with Gasteiger partial charge in [-0.2, -0.15) is 0 Å². The molecule has 4 heteroatoms. The molecule has 4 nitrogen and oxygen atoms in total. The van der Waals surface area contributed by atoms with Crippen LogP contribution in [0, 0.1) is 0 Å². The van der Waals surface area contributed by atoms with Crippen molar-refractivity contribution in [1.29, 1.82) is 0 Å². The molecule has 2 amide bonds. The summed E-state index contributed by atoms with van der Waals surface area (Å²) in [5.41, 5.74) is 3.48. The van der Waals surface area contributed by atoms with Crippen molar-refractivity contribution < 1.29 is 9.59 Å². The van der Waals surface area contributed by atoms with Gasteiger partial charge in [-0.3, -0.25) is 14.5 Å². The number of unbranched alkanes of at least 4 members (excludes halogenated alkanes) is 1. The predicted octanol–water partition coefficient (Wildman–Crippen LogP) is 4.44. The molecule has 3 aromatic rings. The van der Waals surface area contributed by atoms with Gasteiger partial charge in [-0.05, 0) is 42.6 Å². The lowest BCUT2D eigenvalue weighted by molar-refractivity contribution is 0.0651. The Bertz CT molecular complexity index is 911. The molecular formula is C25H24N2O2. The summed E-state index contributed by atoms with van der Waals surface area (Å²) in [6.45, 7) is 1.26. The van der Waals surface area contributed by atoms with Gasteiger partial charge in [0.15, 0.2) is 0 Å². The van der Waals surface area contributed by atoms with Crippen molar-refractivity contribution >= 4 is 11.8 Å². The number of benzene rings is 3. The van der Waals surface area contributed by atoms with Gasteiger partial charge in [0.2, 0.25) is 0 Å². The van der Waals surface area contributed by atoms with E-state index in [1.807, 2.05) is 12.1 Å². The molecule has 0 unspecified atom stereocenters. The molecule has 0 aliphatic carbocycles. The highest BCUT2D eigenvalue weighted by Crippen LogP contribution is 2.23. The van der Waals surface area contributed by atoms with Crippen LogP contribution in [0.2, 0.25) is 0 Å². The molecule has 1 N–H and O–H groups in total. The number of amides is 2. The largest absolute Gasteiger partial charge is 0.306 e. The van der Waals surface area contributed by atoms with Gasteiger partial charge in [0.1, 0.15) is 0 Å². The first kappa shape index (κ1) is 19.1. The van der Waals surface area contributed by atoms with Crippen LogP contribution < -0.4 is 5.32 Å². The molecular weight excluding hydrogens is 360 g/mol. The van der Waals surface area contributed by atoms with E-state index in [2.05, 4.69) is 53.8 Å². The molecule has 0 aromatic heterocycles. The van der Waals surface area contributed by atoms with Crippen LogP contribution >= 0.6 is 0 Å². The quantitative estimate of drug-likeness (QED) is 0.461. The SMILES string of the molecule is O=C1c2ccccc2C(=O)N1CCCCNC(c1ccccc1)c1ccccc1. The highest BCUT2D eigenvalue weighted by molar-refractivity contribution is 6.21. The molecule has 0 atom stereocenters. The normalized spacial score (nSPS) is 13.2. The highest BCUT2D eigenvalue weighted by Gasteiger charge is 2.34. The maximum Gasteiger partial charge on any atom is 0.261 e. The van der Waals surface area contributed by atoms with E-state index in [0.29, 0.717) is 17.7 Å². The zero-order valence-corrected chi connectivity index (χ0v) is 16.3. The second-order valence-corrected chi connectivity index (χ2v) is 7.22. The lowest BCUT2D eigenvalue weighted by Gasteiger charge is -2.20. The zero-order chi connectivity index (χ0) is 20.1. The third-order valence-electron chi connectivity index (χ3n) is 5.30. The number of hydrogen-bond acceptors (Lipinski definition) is 3. The van der Waals surface area contributed by atoms with E-state index < -0.39 is 0 Å². The number of rotatable bonds is 8. The molecule has 0 saturated carbocycles. The van der Waals surface area contributed by atoms with Gasteiger partial charge >= 0.3 is 0 Å². The molecule has 0 spiro atoms. The fourth-order valence-electron chi connectivity index (χ4n) is 3.80. The third kappa shape index (κ3) is 4.13. The average Bonchev–Trinajstić information content (AvgIpc) is 3.02. The van der Waals surface area contributed by atoms with Crippen LogP contribution in [0.3, 0.4) is 0 Å². The average molecular weight is 384 g/mol. The number of carbonyl (C=O) groups is 2. The van der Waals surface area contributed by atoms with E-state index in [1.54, 1.807) is 24.3 Å². The molecule has 0 bridgehead atoms. The Hall–Kier alpha value is -3.24. The lowest BCUT2D eigenvalue weighted by Crippen LogP contribution is -2.31. The van der Waals surface area contributed by atoms with Gasteiger partial charge in [-0.25, -0.2) is 0 Å². The van der Waals surface area contributed by atoms with Crippen LogP contribution in [0.25, 0.3) is 0 Å². The summed E-state index contributed by atoms with van der Waals surface area (Å²) in [6, 6.07) is 27.9. The van der Waals surface area contributed by atoms with Crippen molar-refractivity contribution in [2.45, 2.75) is 18.9 Å². The Morgan fingerprint density at radius 3 is 1.66 bits per heavy atom. The third-order valence-corrected chi connectivity index (χ3v) is 5.30. The summed E-state index contributed by atoms with van der Waals surface area (Å²) < 4.78 is 0. The van der Waals surface area contributed by atoms with Crippen LogP contribution in [0.1, 0.15) is 50.7 Å². The van der Waals surface area contributed by atoms with Gasteiger partial charge in [0, 0.05) is 6.54 Å². The molecule has 4 rings (SSSR count). The summed E-state index contributed by atoms with van der Waals surface area (Å²) in [5.74, 6) is -0.352. The molecule has 29 heavy (non-hydrogen) atoms. The Kier molecular flexibility index (Phi) is 5.82. The summed E-state index contributed by atoms with van der Waals surface area (Å²) >= 11 is 0. The van der Waals surface area contributed by atoms with Crippen LogP contribution in [-0.2, 0) is 0 Å². The van der Waals surface area contributed by atoms with Crippen LogP contribution in [0.5, 0.6) is 0 Å². The van der Waals surface area contributed by atoms with E-state index in [1.165, 1.54) is 16.0 Å². The molecule has 3 aromatic carbocycles. The number of imide groups is 1. The summed E-state index contributed by atoms with van der Waals surface area (Å²) in [7, 11) is 0. The smallest absolute Gasteiger partial charge is 0.261 e. The molecule has 1 aliphatic heterocycles. The molecule has 0 fully saturated rings. The van der Waals surface area contributed by atoms with Crippen molar-refractivity contribution in [3.05, 3.63) is 107 Å². The van der Waals surface area contributed by atoms with Gasteiger partial charge in [-0.15, -0.1) is 0 Å². The summed E-state index contributed by atoms with van der Waals surface area (Å²) in [4.78, 5) is 26.2. The van der Waals surface area contributed by atoms with Crippen LogP contribution in [-0.4, -0.2) is 29.8 Å². The first-order valence-corrected chi connectivity index (χ1v) is 10.0. The van der Waals surface area contributed by atoms with E-state index >= 15 is 0 Å². The maximum atomic E-state index is 12.4. The fraction of sp³-hybridized carbons (Fsp3) is 0.200. The van der Waals surface area contributed by atoms with Gasteiger partial charge in [0.05, 0.1) is 17.2 Å². The minimum Gasteiger partial charge on any atom is -0.306 e. The first-order valence-electron chi connectivity index (χ1n) is 10.0. The van der Waals surface area contributed by atoms with E-state index in [9.17, 15) is 9.59 Å². The Balaban J connectivity index is 1.33. The van der Waals surface area contributed by atoms with Crippen molar-refractivity contribution in [2.24, 2.45) is 0 Å². The molecule has 0 saturated heterocycles. The van der Waals surface area contributed by atoms with Crippen molar-refractivity contribution in [3.63, 3.8) is 0 Å². The lowest BCUT2D eigenvalue weighted by atomic mass is 9.98. The molecule has 0 radical (unpaired) electrons. The van der Waals surface area contributed by atoms with Gasteiger partial charge in [0.25, 0.3) is 11.8 Å². The zero-order valence-electron chi connectivity index (χ0n) is 16.3. The standard InChI is InChI=1S/C25H24N2O2/c28-24-21-15-7-8-16-22(21)25(29)27(24)18-10-9-17-26-23(19-11-3-1-4-12-19)20-13-5-2-6-14-20/h1-8,11-16,23,26H,9-10,17-18H2. The predicted molar refractivity (Wildman–Crippen MR) is 114 cm³/mol. The highest BCUT2D eigenvalue weighted by atomic mass is 16.2. The number of nitrogens with one attached hydrogen (secondary N) is 1. The van der Waals surface area contributed by atoms with Crippen LogP contribution in [0.4, 0.5) is 0 Å². The van der Waals surface area contributed by atoms with E-state index in [4.69, 9.17) is 0 Å². The summed E-state index contributed by atoms with van der Waals surface area (Å²) in [6.07, 6.45) is 1.65. The minimum absolute atomic E-state index is 0.122. The Morgan fingerprint density at radius 1 is 0.655 bits per heavy atom. The second-order valence-electron chi connectivity index (χ2n) is 7.22. The fourth-order valence-corrected chi connectivity index (χ4v) is 3.80. The number of hydrogen-bond donors (Lipinski definition) is 1. The molecule has 1 aliphatic rings. The maximum absolute atomic E-state index is 12.4. The Labute approximate surface area is 171 Å². The minimum atomic E-state index is -0.176. The number of nitrogens with zero attached hydrogens (tertiary/aromatic N) is 1. The topological polar surface area (TPSA) is 49.4 Å². The van der Waals surface area contributed by atoms with Crippen molar-refractivity contribution in [1.82, 2.24) is 10.2 Å². The second kappa shape index (κ2) is 8.84. The molecule has 1 heterocycles. The van der Waals surface area contributed by atoms with Crippen LogP contribution in [0.15, 0.2) is 84.9 Å². The Morgan fingerprint density at radius 2 is 1.14 bits per heavy atom. The van der Waals surface area contributed by atoms with E-state index in [-0.39, 0.29) is 17.9 Å². The van der Waals surface area contributed by atoms with Gasteiger partial charge in [-0.1, -0.05) is 72.8 Å². The van der Waals surface area contributed by atoms with Crippen molar-refractivity contribution in [2.75, 3.05) is 13.1 Å². The van der Waals surface area contributed by atoms with Crippen molar-refractivity contribution in [3.8, 4) is 0 Å². The first-order chi connectivity index (χ1) is 14.3.